The van der Waals surface area contributed by atoms with Gasteiger partial charge in [-0.15, -0.1) is 0 Å². The van der Waals surface area contributed by atoms with Gasteiger partial charge in [-0.3, -0.25) is 0 Å². The average Bonchev–Trinajstić information content (AvgIpc) is 2.92. The van der Waals surface area contributed by atoms with E-state index in [-0.39, 0.29) is 0 Å². The van der Waals surface area contributed by atoms with E-state index in [4.69, 9.17) is 9.94 Å². The molecule has 3 rings (SSSR count). The van der Waals surface area contributed by atoms with E-state index >= 15 is 0 Å². The molecule has 0 heterocycles. The second-order valence-corrected chi connectivity index (χ2v) is 6.00. The van der Waals surface area contributed by atoms with Crippen LogP contribution in [0.1, 0.15) is 56.6 Å². The Bertz CT molecular complexity index is 502. The van der Waals surface area contributed by atoms with Crippen LogP contribution in [0.5, 0.6) is 5.75 Å². The zero-order chi connectivity index (χ0) is 13.9. The maximum atomic E-state index is 9.03. The molecule has 0 aromatic heterocycles. The Hall–Kier alpha value is -1.51. The van der Waals surface area contributed by atoms with E-state index in [1.54, 1.807) is 0 Å². The first kappa shape index (κ1) is 13.5. The SMILES string of the molecule is CCC1CCC(Oc2cccc3c2CCC3=NO)CC1. The molecule has 1 aromatic rings. The zero-order valence-corrected chi connectivity index (χ0v) is 12.1. The topological polar surface area (TPSA) is 41.8 Å². The second kappa shape index (κ2) is 5.86. The highest BCUT2D eigenvalue weighted by atomic mass is 16.5. The van der Waals surface area contributed by atoms with Gasteiger partial charge >= 0.3 is 0 Å². The van der Waals surface area contributed by atoms with Gasteiger partial charge in [-0.2, -0.15) is 0 Å². The number of fused-ring (bicyclic) bond motifs is 1. The summed E-state index contributed by atoms with van der Waals surface area (Å²) in [6.45, 7) is 2.28. The molecule has 0 saturated heterocycles. The summed E-state index contributed by atoms with van der Waals surface area (Å²) in [6.07, 6.45) is 8.32. The molecule has 3 nitrogen and oxygen atoms in total. The molecule has 3 heteroatoms. The molecule has 2 aliphatic rings. The first-order valence-electron chi connectivity index (χ1n) is 7.81. The summed E-state index contributed by atoms with van der Waals surface area (Å²) in [4.78, 5) is 0. The average molecular weight is 273 g/mol. The highest BCUT2D eigenvalue weighted by Gasteiger charge is 2.25. The minimum absolute atomic E-state index is 0.361. The van der Waals surface area contributed by atoms with Gasteiger partial charge < -0.3 is 9.94 Å². The van der Waals surface area contributed by atoms with E-state index in [0.717, 1.165) is 35.8 Å². The summed E-state index contributed by atoms with van der Waals surface area (Å²) >= 11 is 0. The van der Waals surface area contributed by atoms with Crippen molar-refractivity contribution in [2.75, 3.05) is 0 Å². The van der Waals surface area contributed by atoms with Crippen LogP contribution >= 0.6 is 0 Å². The van der Waals surface area contributed by atoms with Crippen LogP contribution in [0.2, 0.25) is 0 Å². The fourth-order valence-electron chi connectivity index (χ4n) is 3.52. The maximum absolute atomic E-state index is 9.03. The number of rotatable bonds is 3. The molecule has 2 aliphatic carbocycles. The van der Waals surface area contributed by atoms with Gasteiger partial charge in [0.25, 0.3) is 0 Å². The van der Waals surface area contributed by atoms with Gasteiger partial charge in [-0.1, -0.05) is 30.6 Å². The molecule has 20 heavy (non-hydrogen) atoms. The van der Waals surface area contributed by atoms with E-state index in [0.29, 0.717) is 6.10 Å². The van der Waals surface area contributed by atoms with Crippen LogP contribution in [0, 0.1) is 5.92 Å². The van der Waals surface area contributed by atoms with Gasteiger partial charge in [-0.05, 0) is 50.5 Å². The minimum atomic E-state index is 0.361. The molecule has 1 aromatic carbocycles. The Morgan fingerprint density at radius 3 is 2.70 bits per heavy atom. The molecule has 1 N–H and O–H groups in total. The van der Waals surface area contributed by atoms with Crippen molar-refractivity contribution in [3.63, 3.8) is 0 Å². The lowest BCUT2D eigenvalue weighted by atomic mass is 9.86. The third-order valence-corrected chi connectivity index (χ3v) is 4.84. The molecule has 108 valence electrons. The molecule has 0 radical (unpaired) electrons. The highest BCUT2D eigenvalue weighted by Crippen LogP contribution is 2.34. The lowest BCUT2D eigenvalue weighted by Gasteiger charge is -2.29. The van der Waals surface area contributed by atoms with Crippen molar-refractivity contribution in [1.82, 2.24) is 0 Å². The van der Waals surface area contributed by atoms with Crippen molar-refractivity contribution in [3.05, 3.63) is 29.3 Å². The Morgan fingerprint density at radius 1 is 1.20 bits per heavy atom. The van der Waals surface area contributed by atoms with Crippen LogP contribution in [0.4, 0.5) is 0 Å². The fourth-order valence-corrected chi connectivity index (χ4v) is 3.52. The van der Waals surface area contributed by atoms with E-state index in [1.807, 2.05) is 12.1 Å². The van der Waals surface area contributed by atoms with Crippen LogP contribution in [0.25, 0.3) is 0 Å². The molecule has 0 bridgehead atoms. The first-order chi connectivity index (χ1) is 9.81. The monoisotopic (exact) mass is 273 g/mol. The van der Waals surface area contributed by atoms with E-state index < -0.39 is 0 Å². The molecule has 0 amide bonds. The Labute approximate surface area is 120 Å². The summed E-state index contributed by atoms with van der Waals surface area (Å²) in [6, 6.07) is 6.09. The maximum Gasteiger partial charge on any atom is 0.123 e. The summed E-state index contributed by atoms with van der Waals surface area (Å²) < 4.78 is 6.25. The summed E-state index contributed by atoms with van der Waals surface area (Å²) in [5, 5.41) is 12.4. The predicted octanol–water partition coefficient (Wildman–Crippen LogP) is 4.16. The quantitative estimate of drug-likeness (QED) is 0.663. The third-order valence-electron chi connectivity index (χ3n) is 4.84. The number of nitrogens with zero attached hydrogens (tertiary/aromatic N) is 1. The molecule has 0 atom stereocenters. The van der Waals surface area contributed by atoms with E-state index in [1.165, 1.54) is 37.7 Å². The number of ether oxygens (including phenoxy) is 1. The second-order valence-electron chi connectivity index (χ2n) is 6.00. The lowest BCUT2D eigenvalue weighted by molar-refractivity contribution is 0.129. The van der Waals surface area contributed by atoms with E-state index in [2.05, 4.69) is 18.1 Å². The Balaban J connectivity index is 1.72. The number of benzene rings is 1. The lowest BCUT2D eigenvalue weighted by Crippen LogP contribution is -2.24. The van der Waals surface area contributed by atoms with Crippen LogP contribution in [0.3, 0.4) is 0 Å². The summed E-state index contributed by atoms with van der Waals surface area (Å²) in [5.74, 6) is 1.89. The minimum Gasteiger partial charge on any atom is -0.490 e. The van der Waals surface area contributed by atoms with E-state index in [9.17, 15) is 0 Å². The van der Waals surface area contributed by atoms with Crippen molar-refractivity contribution in [2.24, 2.45) is 11.1 Å². The number of hydrogen-bond donors (Lipinski definition) is 1. The van der Waals surface area contributed by atoms with Crippen LogP contribution in [-0.4, -0.2) is 17.0 Å². The summed E-state index contributed by atoms with van der Waals surface area (Å²) in [5.41, 5.74) is 3.07. The molecular formula is C17H23NO2. The van der Waals surface area contributed by atoms with Gasteiger partial charge in [0.15, 0.2) is 0 Å². The predicted molar refractivity (Wildman–Crippen MR) is 79.8 cm³/mol. The van der Waals surface area contributed by atoms with Gasteiger partial charge in [0.1, 0.15) is 5.75 Å². The Morgan fingerprint density at radius 2 is 2.00 bits per heavy atom. The van der Waals surface area contributed by atoms with Gasteiger partial charge in [0.05, 0.1) is 11.8 Å². The third kappa shape index (κ3) is 2.54. The smallest absolute Gasteiger partial charge is 0.123 e. The standard InChI is InChI=1S/C17H23NO2/c1-2-12-6-8-13(9-7-12)20-17-5-3-4-14-15(17)10-11-16(14)18-19/h3-5,12-13,19H,2,6-11H2,1H3. The van der Waals surface area contributed by atoms with Crippen molar-refractivity contribution >= 4 is 5.71 Å². The molecule has 0 unspecified atom stereocenters. The van der Waals surface area contributed by atoms with Crippen LogP contribution in [-0.2, 0) is 6.42 Å². The normalized spacial score (nSPS) is 27.6. The Kier molecular flexibility index (Phi) is 3.95. The highest BCUT2D eigenvalue weighted by molar-refractivity contribution is 6.04. The molecular weight excluding hydrogens is 250 g/mol. The summed E-state index contributed by atoms with van der Waals surface area (Å²) in [7, 11) is 0. The molecule has 1 saturated carbocycles. The van der Waals surface area contributed by atoms with Crippen LogP contribution < -0.4 is 4.74 Å². The molecule has 1 fully saturated rings. The first-order valence-corrected chi connectivity index (χ1v) is 7.81. The van der Waals surface area contributed by atoms with Gasteiger partial charge in [0.2, 0.25) is 0 Å². The van der Waals surface area contributed by atoms with Crippen molar-refractivity contribution in [2.45, 2.75) is 58.0 Å². The van der Waals surface area contributed by atoms with Gasteiger partial charge in [0, 0.05) is 11.1 Å². The zero-order valence-electron chi connectivity index (χ0n) is 12.1. The fraction of sp³-hybridized carbons (Fsp3) is 0.588. The van der Waals surface area contributed by atoms with Crippen molar-refractivity contribution in [1.29, 1.82) is 0 Å². The number of hydrogen-bond acceptors (Lipinski definition) is 3. The molecule has 0 aliphatic heterocycles. The number of oxime groups is 1. The molecule has 0 spiro atoms. The van der Waals surface area contributed by atoms with Gasteiger partial charge in [-0.25, -0.2) is 0 Å². The largest absolute Gasteiger partial charge is 0.490 e. The van der Waals surface area contributed by atoms with Crippen molar-refractivity contribution < 1.29 is 9.94 Å². The van der Waals surface area contributed by atoms with Crippen LogP contribution in [0.15, 0.2) is 23.4 Å². The van der Waals surface area contributed by atoms with Crippen molar-refractivity contribution in [3.8, 4) is 5.75 Å².